The van der Waals surface area contributed by atoms with Gasteiger partial charge in [0.15, 0.2) is 12.5 Å². The topological polar surface area (TPSA) is 37.1 Å². The molecule has 0 atom stereocenters. The van der Waals surface area contributed by atoms with E-state index >= 15 is 0 Å². The first kappa shape index (κ1) is 6.39. The van der Waals surface area contributed by atoms with Gasteiger partial charge in [-0.05, 0) is 0 Å². The van der Waals surface area contributed by atoms with Gasteiger partial charge in [0.1, 0.15) is 0 Å². The summed E-state index contributed by atoms with van der Waals surface area (Å²) >= 11 is 0. The molecule has 0 amide bonds. The van der Waals surface area contributed by atoms with E-state index in [1.165, 1.54) is 0 Å². The quantitative estimate of drug-likeness (QED) is 0.474. The number of azo groups is 1. The summed E-state index contributed by atoms with van der Waals surface area (Å²) in [6.45, 7) is 6.76. The van der Waals surface area contributed by atoms with Crippen LogP contribution >= 0.6 is 0 Å². The third-order valence-electron chi connectivity index (χ3n) is 1.12. The lowest BCUT2D eigenvalue weighted by molar-refractivity contribution is 0.585. The predicted octanol–water partition coefficient (Wildman–Crippen LogP) is 1.85. The molecule has 0 aromatic heterocycles. The molecule has 3 heteroatoms. The van der Waals surface area contributed by atoms with Crippen molar-refractivity contribution < 1.29 is 0 Å². The van der Waals surface area contributed by atoms with E-state index in [0.717, 1.165) is 5.84 Å². The van der Waals surface area contributed by atoms with Crippen molar-refractivity contribution in [2.45, 2.75) is 20.8 Å². The summed E-state index contributed by atoms with van der Waals surface area (Å²) in [6, 6.07) is 0. The van der Waals surface area contributed by atoms with Crippen molar-refractivity contribution in [1.82, 2.24) is 0 Å². The van der Waals surface area contributed by atoms with Gasteiger partial charge in [0.05, 0.1) is 0 Å². The summed E-state index contributed by atoms with van der Waals surface area (Å²) in [7, 11) is 0. The Bertz CT molecular complexity index is 162. The van der Waals surface area contributed by atoms with Gasteiger partial charge < -0.3 is 0 Å². The summed E-state index contributed by atoms with van der Waals surface area (Å²) in [4.78, 5) is 4.09. The van der Waals surface area contributed by atoms with Crippen molar-refractivity contribution in [2.24, 2.45) is 20.6 Å². The Kier molecular flexibility index (Phi) is 1.35. The van der Waals surface area contributed by atoms with Gasteiger partial charge in [0.2, 0.25) is 0 Å². The van der Waals surface area contributed by atoms with Crippen molar-refractivity contribution in [3.63, 3.8) is 0 Å². The van der Waals surface area contributed by atoms with Gasteiger partial charge in [-0.1, -0.05) is 20.8 Å². The van der Waals surface area contributed by atoms with Crippen LogP contribution in [0.3, 0.4) is 0 Å². The lowest BCUT2D eigenvalue weighted by atomic mass is 9.96. The van der Waals surface area contributed by atoms with Gasteiger partial charge in [-0.25, -0.2) is 4.99 Å². The number of amidine groups is 1. The van der Waals surface area contributed by atoms with Crippen LogP contribution in [0.4, 0.5) is 0 Å². The van der Waals surface area contributed by atoms with Crippen LogP contribution in [0.25, 0.3) is 0 Å². The smallest absolute Gasteiger partial charge is 0.153 e. The van der Waals surface area contributed by atoms with Crippen molar-refractivity contribution in [3.05, 3.63) is 0 Å². The standard InChI is InChI=1S/C6H11N3/c1-6(2,3)5-7-4-8-9-5/h4H2,1-3H3. The number of hydrogen-bond donors (Lipinski definition) is 0. The van der Waals surface area contributed by atoms with Crippen molar-refractivity contribution in [3.8, 4) is 0 Å². The van der Waals surface area contributed by atoms with Crippen LogP contribution < -0.4 is 0 Å². The second-order valence-corrected chi connectivity index (χ2v) is 3.11. The second kappa shape index (κ2) is 1.90. The molecule has 9 heavy (non-hydrogen) atoms. The van der Waals surface area contributed by atoms with E-state index in [-0.39, 0.29) is 5.41 Å². The molecule has 0 bridgehead atoms. The third-order valence-corrected chi connectivity index (χ3v) is 1.12. The van der Waals surface area contributed by atoms with Crippen LogP contribution in [0.5, 0.6) is 0 Å². The average Bonchev–Trinajstić information content (AvgIpc) is 2.08. The summed E-state index contributed by atoms with van der Waals surface area (Å²) in [5.74, 6) is 0.863. The van der Waals surface area contributed by atoms with Crippen molar-refractivity contribution in [1.29, 1.82) is 0 Å². The van der Waals surface area contributed by atoms with Gasteiger partial charge in [0.25, 0.3) is 0 Å². The molecule has 0 radical (unpaired) electrons. The summed E-state index contributed by atoms with van der Waals surface area (Å²) in [6.07, 6.45) is 0. The normalized spacial score (nSPS) is 18.3. The molecule has 0 unspecified atom stereocenters. The third kappa shape index (κ3) is 1.34. The molecule has 1 aliphatic rings. The first-order valence-corrected chi connectivity index (χ1v) is 3.03. The van der Waals surface area contributed by atoms with Crippen LogP contribution in [0.1, 0.15) is 20.8 Å². The fourth-order valence-corrected chi connectivity index (χ4v) is 0.616. The van der Waals surface area contributed by atoms with Crippen LogP contribution in [0.15, 0.2) is 15.2 Å². The van der Waals surface area contributed by atoms with Gasteiger partial charge in [-0.3, -0.25) is 0 Å². The molecule has 1 rings (SSSR count). The van der Waals surface area contributed by atoms with E-state index in [9.17, 15) is 0 Å². The van der Waals surface area contributed by atoms with E-state index in [0.29, 0.717) is 6.67 Å². The van der Waals surface area contributed by atoms with E-state index in [1.54, 1.807) is 0 Å². The second-order valence-electron chi connectivity index (χ2n) is 3.11. The molecule has 0 N–H and O–H groups in total. The number of nitrogens with zero attached hydrogens (tertiary/aromatic N) is 3. The highest BCUT2D eigenvalue weighted by atomic mass is 15.3. The highest BCUT2D eigenvalue weighted by Crippen LogP contribution is 2.19. The predicted molar refractivity (Wildman–Crippen MR) is 36.6 cm³/mol. The van der Waals surface area contributed by atoms with Crippen LogP contribution in [0.2, 0.25) is 0 Å². The first-order chi connectivity index (χ1) is 4.11. The van der Waals surface area contributed by atoms with Gasteiger partial charge in [0, 0.05) is 5.41 Å². The zero-order chi connectivity index (χ0) is 6.91. The van der Waals surface area contributed by atoms with Gasteiger partial charge in [-0.15, -0.1) is 5.11 Å². The van der Waals surface area contributed by atoms with Crippen LogP contribution in [-0.4, -0.2) is 12.5 Å². The van der Waals surface area contributed by atoms with Gasteiger partial charge in [-0.2, -0.15) is 5.11 Å². The SMILES string of the molecule is CC(C)(C)C1=NCN=N1. The van der Waals surface area contributed by atoms with E-state index < -0.39 is 0 Å². The summed E-state index contributed by atoms with van der Waals surface area (Å²) in [5.41, 5.74) is 0.0694. The van der Waals surface area contributed by atoms with E-state index in [2.05, 4.69) is 36.0 Å². The Hall–Kier alpha value is -0.730. The molecule has 1 heterocycles. The maximum atomic E-state index is 4.09. The van der Waals surface area contributed by atoms with E-state index in [4.69, 9.17) is 0 Å². The number of aliphatic imine (C=N–C) groups is 1. The Morgan fingerprint density at radius 3 is 2.22 bits per heavy atom. The monoisotopic (exact) mass is 125 g/mol. The molecule has 0 aromatic carbocycles. The Morgan fingerprint density at radius 2 is 2.00 bits per heavy atom. The Balaban J connectivity index is 2.73. The minimum atomic E-state index is 0.0694. The zero-order valence-corrected chi connectivity index (χ0v) is 6.05. The first-order valence-electron chi connectivity index (χ1n) is 3.03. The number of rotatable bonds is 0. The Morgan fingerprint density at radius 1 is 1.33 bits per heavy atom. The van der Waals surface area contributed by atoms with Crippen molar-refractivity contribution >= 4 is 5.84 Å². The van der Waals surface area contributed by atoms with Crippen LogP contribution in [0, 0.1) is 5.41 Å². The maximum absolute atomic E-state index is 4.09. The highest BCUT2D eigenvalue weighted by Gasteiger charge is 2.20. The molecule has 0 aromatic rings. The molecule has 0 saturated carbocycles. The fraction of sp³-hybridized carbons (Fsp3) is 0.833. The molecule has 0 spiro atoms. The average molecular weight is 125 g/mol. The van der Waals surface area contributed by atoms with Crippen LogP contribution in [-0.2, 0) is 0 Å². The molecular formula is C6H11N3. The van der Waals surface area contributed by atoms with Gasteiger partial charge >= 0.3 is 0 Å². The summed E-state index contributed by atoms with van der Waals surface area (Å²) < 4.78 is 0. The lowest BCUT2D eigenvalue weighted by Gasteiger charge is -2.13. The highest BCUT2D eigenvalue weighted by molar-refractivity contribution is 5.88. The maximum Gasteiger partial charge on any atom is 0.153 e. The zero-order valence-electron chi connectivity index (χ0n) is 6.05. The molecule has 0 aliphatic carbocycles. The minimum absolute atomic E-state index is 0.0694. The van der Waals surface area contributed by atoms with Crippen molar-refractivity contribution in [2.75, 3.05) is 6.67 Å². The molecule has 0 fully saturated rings. The Labute approximate surface area is 54.9 Å². The largest absolute Gasteiger partial charge is 0.243 e. The number of hydrogen-bond acceptors (Lipinski definition) is 3. The molecule has 0 saturated heterocycles. The molecule has 50 valence electrons. The molecular weight excluding hydrogens is 114 g/mol. The van der Waals surface area contributed by atoms with E-state index in [1.807, 2.05) is 0 Å². The fourth-order valence-electron chi connectivity index (χ4n) is 0.616. The minimum Gasteiger partial charge on any atom is -0.243 e. The molecule has 1 aliphatic heterocycles. The summed E-state index contributed by atoms with van der Waals surface area (Å²) in [5, 5.41) is 7.63. The molecule has 3 nitrogen and oxygen atoms in total. The lowest BCUT2D eigenvalue weighted by Crippen LogP contribution is -2.16.